The second kappa shape index (κ2) is 14.3. The number of hydrogen-bond acceptors (Lipinski definition) is 8. The smallest absolute Gasteiger partial charge is 0.336 e. The molecule has 3 rings (SSSR count). The largest absolute Gasteiger partial charge is 0.508 e. The maximum absolute atomic E-state index is 10.3. The van der Waals surface area contributed by atoms with Crippen molar-refractivity contribution in [2.45, 2.75) is 58.3 Å². The molecule has 0 bridgehead atoms. The SMILES string of the molecule is Cc1ccc(O)c(CN(CCCn2ccnc2)Cc2ccc(C)s2)c1.O=C(O)CC(O)(CC(=O)O)C(=O)O. The van der Waals surface area contributed by atoms with Crippen molar-refractivity contribution in [2.75, 3.05) is 6.54 Å². The van der Waals surface area contributed by atoms with Gasteiger partial charge < -0.3 is 30.1 Å². The summed E-state index contributed by atoms with van der Waals surface area (Å²) in [6.07, 6.45) is 4.44. The fraction of sp³-hybridized carbons (Fsp3) is 0.385. The van der Waals surface area contributed by atoms with Gasteiger partial charge in [-0.15, -0.1) is 11.3 Å². The lowest BCUT2D eigenvalue weighted by Crippen LogP contribution is -2.42. The Kier molecular flexibility index (Phi) is 11.4. The van der Waals surface area contributed by atoms with Crippen molar-refractivity contribution in [2.24, 2.45) is 0 Å². The zero-order valence-electron chi connectivity index (χ0n) is 21.3. The van der Waals surface area contributed by atoms with Crippen molar-refractivity contribution in [3.8, 4) is 5.75 Å². The fourth-order valence-corrected chi connectivity index (χ4v) is 4.63. The molecule has 1 aromatic carbocycles. The minimum absolute atomic E-state index is 0.382. The Hall–Kier alpha value is -3.74. The molecule has 0 aliphatic rings. The number of aromatic nitrogens is 2. The highest BCUT2D eigenvalue weighted by molar-refractivity contribution is 7.11. The van der Waals surface area contributed by atoms with Gasteiger partial charge in [0.05, 0.1) is 19.2 Å². The van der Waals surface area contributed by atoms with Crippen LogP contribution in [0.25, 0.3) is 0 Å². The monoisotopic (exact) mass is 547 g/mol. The van der Waals surface area contributed by atoms with Crippen LogP contribution < -0.4 is 0 Å². The number of hydrogen-bond donors (Lipinski definition) is 5. The quantitative estimate of drug-likeness (QED) is 0.214. The van der Waals surface area contributed by atoms with Crippen molar-refractivity contribution in [1.82, 2.24) is 14.5 Å². The zero-order valence-corrected chi connectivity index (χ0v) is 22.1. The van der Waals surface area contributed by atoms with Crippen LogP contribution in [0.3, 0.4) is 0 Å². The van der Waals surface area contributed by atoms with Crippen LogP contribution in [0.5, 0.6) is 5.75 Å². The number of carboxylic acids is 3. The Morgan fingerprint density at radius 2 is 1.71 bits per heavy atom. The van der Waals surface area contributed by atoms with Gasteiger partial charge in [-0.3, -0.25) is 14.5 Å². The van der Waals surface area contributed by atoms with Gasteiger partial charge in [-0.25, -0.2) is 9.78 Å². The number of carboxylic acid groups (broad SMARTS) is 3. The zero-order chi connectivity index (χ0) is 28.3. The van der Waals surface area contributed by atoms with Crippen LogP contribution in [0.4, 0.5) is 0 Å². The third-order valence-corrected chi connectivity index (χ3v) is 6.53. The molecule has 5 N–H and O–H groups in total. The molecule has 0 spiro atoms. The first-order valence-electron chi connectivity index (χ1n) is 11.8. The standard InChI is InChI=1S/C20H25N3OS.C6H8O7/c1-16-4-7-20(24)18(12-16)13-23(14-19-6-5-17(2)25-19)10-3-9-22-11-8-21-15-22;7-3(8)1-6(13,5(11)12)2-4(9)10/h4-8,11-12,15,24H,3,9-10,13-14H2,1-2H3;13H,1-2H2,(H,7,8)(H,9,10)(H,11,12). The third kappa shape index (κ3) is 10.3. The molecule has 0 saturated carbocycles. The summed E-state index contributed by atoms with van der Waals surface area (Å²) in [5.41, 5.74) is -0.563. The summed E-state index contributed by atoms with van der Waals surface area (Å²) < 4.78 is 2.11. The lowest BCUT2D eigenvalue weighted by atomic mass is 9.96. The second-order valence-electron chi connectivity index (χ2n) is 8.99. The van der Waals surface area contributed by atoms with Gasteiger partial charge in [0.2, 0.25) is 0 Å². The number of aryl methyl sites for hydroxylation is 3. The number of carbonyl (C=O) groups is 3. The molecule has 0 saturated heterocycles. The van der Waals surface area contributed by atoms with Gasteiger partial charge in [-0.1, -0.05) is 17.7 Å². The minimum Gasteiger partial charge on any atom is -0.508 e. The molecule has 0 aliphatic carbocycles. The first kappa shape index (κ1) is 30.5. The van der Waals surface area contributed by atoms with E-state index < -0.39 is 36.4 Å². The van der Waals surface area contributed by atoms with E-state index in [4.69, 9.17) is 20.4 Å². The number of rotatable bonds is 13. The number of phenols is 1. The number of phenolic OH excluding ortho intramolecular Hbond substituents is 1. The second-order valence-corrected chi connectivity index (χ2v) is 10.4. The molecule has 0 radical (unpaired) electrons. The van der Waals surface area contributed by atoms with Gasteiger partial charge in [-0.2, -0.15) is 0 Å². The summed E-state index contributed by atoms with van der Waals surface area (Å²) in [5.74, 6) is -4.64. The molecule has 0 amide bonds. The van der Waals surface area contributed by atoms with Gasteiger partial charge in [0, 0.05) is 53.9 Å². The maximum atomic E-state index is 10.3. The van der Waals surface area contributed by atoms with Gasteiger partial charge in [-0.05, 0) is 38.5 Å². The van der Waals surface area contributed by atoms with E-state index in [1.54, 1.807) is 6.07 Å². The molecule has 11 nitrogen and oxygen atoms in total. The third-order valence-electron chi connectivity index (χ3n) is 5.54. The molecular weight excluding hydrogens is 514 g/mol. The van der Waals surface area contributed by atoms with E-state index >= 15 is 0 Å². The first-order chi connectivity index (χ1) is 17.9. The topological polar surface area (TPSA) is 173 Å². The Morgan fingerprint density at radius 1 is 1.03 bits per heavy atom. The molecule has 0 fully saturated rings. The minimum atomic E-state index is -2.74. The number of aromatic hydroxyl groups is 1. The molecule has 0 atom stereocenters. The molecular formula is C26H33N3O8S. The van der Waals surface area contributed by atoms with E-state index in [0.717, 1.165) is 38.2 Å². The molecule has 0 aliphatic heterocycles. The molecule has 2 aromatic heterocycles. The molecule has 3 aromatic rings. The van der Waals surface area contributed by atoms with Gasteiger partial charge >= 0.3 is 17.9 Å². The molecule has 12 heteroatoms. The molecule has 2 heterocycles. The number of thiophene rings is 1. The summed E-state index contributed by atoms with van der Waals surface area (Å²) in [6.45, 7) is 7.81. The van der Waals surface area contributed by atoms with Crippen LogP contribution in [-0.2, 0) is 34.0 Å². The number of imidazole rings is 1. The van der Waals surface area contributed by atoms with Crippen LogP contribution in [-0.4, -0.2) is 70.0 Å². The fourth-order valence-electron chi connectivity index (χ4n) is 3.70. The van der Waals surface area contributed by atoms with Crippen molar-refractivity contribution < 1.29 is 39.9 Å². The highest BCUT2D eigenvalue weighted by atomic mass is 32.1. The molecule has 38 heavy (non-hydrogen) atoms. The predicted octanol–water partition coefficient (Wildman–Crippen LogP) is 3.11. The number of aliphatic carboxylic acids is 3. The average Bonchev–Trinajstić information content (AvgIpc) is 3.47. The van der Waals surface area contributed by atoms with Crippen LogP contribution in [0, 0.1) is 13.8 Å². The first-order valence-corrected chi connectivity index (χ1v) is 12.6. The van der Waals surface area contributed by atoms with Crippen molar-refractivity contribution >= 4 is 29.2 Å². The maximum Gasteiger partial charge on any atom is 0.336 e. The normalized spacial score (nSPS) is 11.2. The van der Waals surface area contributed by atoms with Crippen LogP contribution in [0.15, 0.2) is 49.1 Å². The van der Waals surface area contributed by atoms with Crippen LogP contribution in [0.1, 0.15) is 40.1 Å². The van der Waals surface area contributed by atoms with Crippen LogP contribution in [0.2, 0.25) is 0 Å². The van der Waals surface area contributed by atoms with Crippen LogP contribution >= 0.6 is 11.3 Å². The Labute approximate surface area is 224 Å². The van der Waals surface area contributed by atoms with Gasteiger partial charge in [0.15, 0.2) is 5.60 Å². The van der Waals surface area contributed by atoms with Crippen molar-refractivity contribution in [3.05, 3.63) is 69.9 Å². The van der Waals surface area contributed by atoms with E-state index in [2.05, 4.69) is 46.5 Å². The Balaban J connectivity index is 0.000000332. The van der Waals surface area contributed by atoms with E-state index in [1.165, 1.54) is 15.3 Å². The average molecular weight is 548 g/mol. The van der Waals surface area contributed by atoms with E-state index in [1.807, 2.05) is 36.1 Å². The van der Waals surface area contributed by atoms with Gasteiger partial charge in [0.25, 0.3) is 0 Å². The highest BCUT2D eigenvalue weighted by Crippen LogP contribution is 2.23. The van der Waals surface area contributed by atoms with E-state index in [0.29, 0.717) is 5.75 Å². The number of aliphatic hydroxyl groups is 1. The Morgan fingerprint density at radius 3 is 2.24 bits per heavy atom. The van der Waals surface area contributed by atoms with E-state index in [9.17, 15) is 19.5 Å². The number of benzene rings is 1. The molecule has 206 valence electrons. The Bertz CT molecular complexity index is 1190. The summed E-state index contributed by atoms with van der Waals surface area (Å²) in [6, 6.07) is 10.2. The van der Waals surface area contributed by atoms with E-state index in [-0.39, 0.29) is 0 Å². The lowest BCUT2D eigenvalue weighted by molar-refractivity contribution is -0.170. The summed E-state index contributed by atoms with van der Waals surface area (Å²) in [5, 5.41) is 44.0. The lowest BCUT2D eigenvalue weighted by Gasteiger charge is -2.22. The summed E-state index contributed by atoms with van der Waals surface area (Å²) in [4.78, 5) is 39.7. The van der Waals surface area contributed by atoms with Crippen molar-refractivity contribution in [3.63, 3.8) is 0 Å². The number of nitrogens with zero attached hydrogens (tertiary/aromatic N) is 3. The summed E-state index contributed by atoms with van der Waals surface area (Å²) in [7, 11) is 0. The van der Waals surface area contributed by atoms with Gasteiger partial charge in [0.1, 0.15) is 5.75 Å². The summed E-state index contributed by atoms with van der Waals surface area (Å²) >= 11 is 1.85. The molecule has 0 unspecified atom stereocenters. The predicted molar refractivity (Wildman–Crippen MR) is 140 cm³/mol. The highest BCUT2D eigenvalue weighted by Gasteiger charge is 2.40. The van der Waals surface area contributed by atoms with Crippen molar-refractivity contribution in [1.29, 1.82) is 0 Å².